The number of carbonyl (C=O) groups excluding carboxylic acids is 1. The molecule has 1 aliphatic carbocycles. The Hall–Kier alpha value is -1.06. The molecule has 0 saturated heterocycles. The van der Waals surface area contributed by atoms with E-state index in [1.54, 1.807) is 13.1 Å². The molecule has 0 aromatic rings. The Morgan fingerprint density at radius 2 is 2.29 bits per heavy atom. The van der Waals surface area contributed by atoms with Crippen LogP contribution in [-0.2, 0) is 4.79 Å². The summed E-state index contributed by atoms with van der Waals surface area (Å²) in [6.07, 6.45) is 5.79. The lowest BCUT2D eigenvalue weighted by Crippen LogP contribution is -2.40. The number of rotatable bonds is 5. The summed E-state index contributed by atoms with van der Waals surface area (Å²) in [6, 6.07) is 0.268. The van der Waals surface area contributed by atoms with E-state index in [1.807, 2.05) is 0 Å². The van der Waals surface area contributed by atoms with E-state index in [0.29, 0.717) is 17.8 Å². The van der Waals surface area contributed by atoms with Crippen LogP contribution in [0.5, 0.6) is 0 Å². The lowest BCUT2D eigenvalue weighted by Gasteiger charge is -2.27. The van der Waals surface area contributed by atoms with Crippen molar-refractivity contribution in [2.75, 3.05) is 0 Å². The Labute approximate surface area is 103 Å². The van der Waals surface area contributed by atoms with Crippen molar-refractivity contribution < 1.29 is 10.0 Å². The number of oxime groups is 1. The highest BCUT2D eigenvalue weighted by Gasteiger charge is 2.35. The second-order valence-electron chi connectivity index (χ2n) is 5.23. The highest BCUT2D eigenvalue weighted by atomic mass is 16.4. The van der Waals surface area contributed by atoms with E-state index in [1.165, 1.54) is 0 Å². The van der Waals surface area contributed by atoms with Crippen molar-refractivity contribution in [2.45, 2.75) is 52.5 Å². The summed E-state index contributed by atoms with van der Waals surface area (Å²) in [5, 5.41) is 14.8. The third-order valence-corrected chi connectivity index (χ3v) is 3.76. The molecule has 0 aromatic carbocycles. The minimum absolute atomic E-state index is 0.0509. The van der Waals surface area contributed by atoms with Crippen LogP contribution in [0.1, 0.15) is 46.5 Å². The highest BCUT2D eigenvalue weighted by molar-refractivity contribution is 5.73. The first-order chi connectivity index (χ1) is 8.08. The number of carbonyl (C=O) groups is 1. The zero-order valence-corrected chi connectivity index (χ0v) is 11.0. The van der Waals surface area contributed by atoms with Crippen LogP contribution in [0.25, 0.3) is 0 Å². The number of hydrogen-bond donors (Lipinski definition) is 2. The van der Waals surface area contributed by atoms with Crippen molar-refractivity contribution >= 4 is 12.1 Å². The van der Waals surface area contributed by atoms with Crippen LogP contribution in [0.15, 0.2) is 5.16 Å². The van der Waals surface area contributed by atoms with Gasteiger partial charge in [-0.3, -0.25) is 4.79 Å². The van der Waals surface area contributed by atoms with Gasteiger partial charge in [-0.05, 0) is 37.0 Å². The second kappa shape index (κ2) is 6.62. The van der Waals surface area contributed by atoms with Crippen molar-refractivity contribution in [3.05, 3.63) is 0 Å². The minimum atomic E-state index is 0.0509. The van der Waals surface area contributed by atoms with E-state index >= 15 is 0 Å². The van der Waals surface area contributed by atoms with Crippen LogP contribution in [0.2, 0.25) is 0 Å². The predicted molar refractivity (Wildman–Crippen MR) is 68.2 cm³/mol. The fourth-order valence-electron chi connectivity index (χ4n) is 3.07. The quantitative estimate of drug-likeness (QED) is 0.440. The lowest BCUT2D eigenvalue weighted by molar-refractivity contribution is -0.120. The molecule has 2 N–H and O–H groups in total. The number of amides is 1. The van der Waals surface area contributed by atoms with Gasteiger partial charge in [0.15, 0.2) is 0 Å². The Kier molecular flexibility index (Phi) is 5.45. The number of hydrogen-bond acceptors (Lipinski definition) is 3. The molecule has 4 heteroatoms. The van der Waals surface area contributed by atoms with Gasteiger partial charge in [-0.2, -0.15) is 0 Å². The minimum Gasteiger partial charge on any atom is -0.411 e. The zero-order chi connectivity index (χ0) is 12.8. The molecule has 4 atom stereocenters. The molecule has 0 bridgehead atoms. The molecule has 0 aliphatic heterocycles. The van der Waals surface area contributed by atoms with Gasteiger partial charge < -0.3 is 10.5 Å². The topological polar surface area (TPSA) is 61.7 Å². The summed E-state index contributed by atoms with van der Waals surface area (Å²) in [5.74, 6) is 1.48. The van der Waals surface area contributed by atoms with Crippen LogP contribution < -0.4 is 5.32 Å². The van der Waals surface area contributed by atoms with Crippen molar-refractivity contribution in [3.63, 3.8) is 0 Å². The maximum Gasteiger partial charge on any atom is 0.217 e. The summed E-state index contributed by atoms with van der Waals surface area (Å²) >= 11 is 0. The lowest BCUT2D eigenvalue weighted by atomic mass is 9.87. The third kappa shape index (κ3) is 4.02. The second-order valence-corrected chi connectivity index (χ2v) is 5.23. The van der Waals surface area contributed by atoms with E-state index in [0.717, 1.165) is 25.7 Å². The molecule has 0 spiro atoms. The molecular formula is C13H24N2O2. The number of nitrogens with one attached hydrogen (secondary N) is 1. The molecule has 0 radical (unpaired) electrons. The maximum absolute atomic E-state index is 11.2. The molecule has 17 heavy (non-hydrogen) atoms. The van der Waals surface area contributed by atoms with Gasteiger partial charge in [0, 0.05) is 19.2 Å². The monoisotopic (exact) mass is 240 g/mol. The van der Waals surface area contributed by atoms with Crippen molar-refractivity contribution in [1.82, 2.24) is 5.32 Å². The van der Waals surface area contributed by atoms with Crippen LogP contribution in [0, 0.1) is 17.8 Å². The molecule has 0 heterocycles. The smallest absolute Gasteiger partial charge is 0.217 e. The first kappa shape index (κ1) is 14.0. The summed E-state index contributed by atoms with van der Waals surface area (Å²) in [6.45, 7) is 5.94. The van der Waals surface area contributed by atoms with Crippen LogP contribution in [0.3, 0.4) is 0 Å². The standard InChI is InChI=1S/C13H24N2O2/c1-4-5-13(15-10(3)16)12-7-11(8-14-17)6-9(12)2/h8-9,11-13,17H,4-7H2,1-3H3,(H,15,16)/b14-8+. The molecule has 1 rings (SSSR count). The summed E-state index contributed by atoms with van der Waals surface area (Å²) < 4.78 is 0. The van der Waals surface area contributed by atoms with E-state index < -0.39 is 0 Å². The van der Waals surface area contributed by atoms with Gasteiger partial charge in [-0.15, -0.1) is 5.16 Å². The Balaban J connectivity index is 2.63. The van der Waals surface area contributed by atoms with Crippen LogP contribution in [-0.4, -0.2) is 23.4 Å². The molecular weight excluding hydrogens is 216 g/mol. The Bertz CT molecular complexity index is 279. The average molecular weight is 240 g/mol. The van der Waals surface area contributed by atoms with Gasteiger partial charge in [0.25, 0.3) is 0 Å². The van der Waals surface area contributed by atoms with Gasteiger partial charge >= 0.3 is 0 Å². The fraction of sp³-hybridized carbons (Fsp3) is 0.846. The van der Waals surface area contributed by atoms with Gasteiger partial charge in [-0.1, -0.05) is 20.3 Å². The summed E-state index contributed by atoms with van der Waals surface area (Å²) in [7, 11) is 0. The van der Waals surface area contributed by atoms with E-state index in [-0.39, 0.29) is 11.9 Å². The van der Waals surface area contributed by atoms with Crippen molar-refractivity contribution in [2.24, 2.45) is 22.9 Å². The van der Waals surface area contributed by atoms with Gasteiger partial charge in [-0.25, -0.2) is 0 Å². The first-order valence-electron chi connectivity index (χ1n) is 6.53. The van der Waals surface area contributed by atoms with Crippen LogP contribution in [0.4, 0.5) is 0 Å². The normalized spacial score (nSPS) is 30.6. The van der Waals surface area contributed by atoms with E-state index in [9.17, 15) is 4.79 Å². The Morgan fingerprint density at radius 1 is 1.59 bits per heavy atom. The predicted octanol–water partition coefficient (Wildman–Crippen LogP) is 2.41. The van der Waals surface area contributed by atoms with E-state index in [4.69, 9.17) is 5.21 Å². The average Bonchev–Trinajstić information content (AvgIpc) is 2.59. The molecule has 1 saturated carbocycles. The van der Waals surface area contributed by atoms with Crippen molar-refractivity contribution in [3.8, 4) is 0 Å². The number of nitrogens with zero attached hydrogens (tertiary/aromatic N) is 1. The fourth-order valence-corrected chi connectivity index (χ4v) is 3.07. The SMILES string of the molecule is CCCC(NC(C)=O)C1CC(/C=N/O)CC1C. The Morgan fingerprint density at radius 3 is 2.82 bits per heavy atom. The molecule has 1 amide bonds. The molecule has 4 nitrogen and oxygen atoms in total. The molecule has 1 aliphatic rings. The maximum atomic E-state index is 11.2. The molecule has 98 valence electrons. The molecule has 1 fully saturated rings. The van der Waals surface area contributed by atoms with Crippen LogP contribution >= 0.6 is 0 Å². The van der Waals surface area contributed by atoms with Gasteiger partial charge in [0.1, 0.15) is 0 Å². The third-order valence-electron chi connectivity index (χ3n) is 3.76. The molecule has 0 aromatic heterocycles. The first-order valence-corrected chi connectivity index (χ1v) is 6.53. The van der Waals surface area contributed by atoms with E-state index in [2.05, 4.69) is 24.3 Å². The highest BCUT2D eigenvalue weighted by Crippen LogP contribution is 2.38. The summed E-state index contributed by atoms with van der Waals surface area (Å²) in [5.41, 5.74) is 0. The van der Waals surface area contributed by atoms with Gasteiger partial charge in [0.2, 0.25) is 5.91 Å². The largest absolute Gasteiger partial charge is 0.411 e. The van der Waals surface area contributed by atoms with Gasteiger partial charge in [0.05, 0.1) is 0 Å². The molecule has 4 unspecified atom stereocenters. The zero-order valence-electron chi connectivity index (χ0n) is 11.0. The summed E-state index contributed by atoms with van der Waals surface area (Å²) in [4.78, 5) is 11.2. The van der Waals surface area contributed by atoms with Crippen molar-refractivity contribution in [1.29, 1.82) is 0 Å².